The van der Waals surface area contributed by atoms with Gasteiger partial charge in [0.2, 0.25) is 0 Å². The Bertz CT molecular complexity index is 289. The van der Waals surface area contributed by atoms with Crippen LogP contribution in [0, 0.1) is 5.41 Å². The fourth-order valence-electron chi connectivity index (χ4n) is 2.42. The van der Waals surface area contributed by atoms with Gasteiger partial charge in [-0.2, -0.15) is 0 Å². The Hall–Kier alpha value is -0.610. The number of nitrogens with two attached hydrogens (primary N) is 1. The van der Waals surface area contributed by atoms with Crippen LogP contribution >= 0.6 is 0 Å². The first kappa shape index (κ1) is 10.9. The van der Waals surface area contributed by atoms with Crippen LogP contribution in [0.25, 0.3) is 0 Å². The predicted octanol–water partition coefficient (Wildman–Crippen LogP) is 0.409. The zero-order valence-corrected chi connectivity index (χ0v) is 9.72. The molecule has 0 amide bonds. The van der Waals surface area contributed by atoms with Crippen LogP contribution in [-0.2, 0) is 9.53 Å². The molecule has 4 heteroatoms. The number of hydrogen-bond acceptors (Lipinski definition) is 4. The second kappa shape index (κ2) is 2.95. The van der Waals surface area contributed by atoms with Crippen LogP contribution in [-0.4, -0.2) is 30.2 Å². The Labute approximate surface area is 90.5 Å². The Morgan fingerprint density at radius 2 is 2.13 bits per heavy atom. The molecule has 0 aromatic heterocycles. The van der Waals surface area contributed by atoms with Gasteiger partial charge in [-0.05, 0) is 40.2 Å². The molecule has 2 atom stereocenters. The standard InChI is InChI=1S/C11H20N2O2/c1-9(2,3)15-8(14)11(12)6-10(11)4-5-13-7-10/h13H,4-7,12H2,1-3H3/t10?,11-/m1/s1. The highest BCUT2D eigenvalue weighted by molar-refractivity contribution is 5.86. The van der Waals surface area contributed by atoms with Crippen molar-refractivity contribution >= 4 is 5.97 Å². The van der Waals surface area contributed by atoms with Crippen LogP contribution in [0.4, 0.5) is 0 Å². The molecule has 0 bridgehead atoms. The average Bonchev–Trinajstić information content (AvgIpc) is 2.46. The quantitative estimate of drug-likeness (QED) is 0.618. The molecule has 1 heterocycles. The van der Waals surface area contributed by atoms with Gasteiger partial charge in [-0.3, -0.25) is 4.79 Å². The minimum Gasteiger partial charge on any atom is -0.459 e. The van der Waals surface area contributed by atoms with Gasteiger partial charge in [0.15, 0.2) is 0 Å². The SMILES string of the molecule is CC(C)(C)OC(=O)[C@]1(N)CC12CCNC2. The van der Waals surface area contributed by atoms with Crippen molar-refractivity contribution in [3.63, 3.8) is 0 Å². The van der Waals surface area contributed by atoms with E-state index in [1.165, 1.54) is 0 Å². The predicted molar refractivity (Wildman–Crippen MR) is 57.3 cm³/mol. The summed E-state index contributed by atoms with van der Waals surface area (Å²) in [5, 5.41) is 3.26. The van der Waals surface area contributed by atoms with E-state index >= 15 is 0 Å². The van der Waals surface area contributed by atoms with Crippen molar-refractivity contribution in [2.75, 3.05) is 13.1 Å². The molecule has 0 aromatic rings. The van der Waals surface area contributed by atoms with Gasteiger partial charge in [0.1, 0.15) is 11.1 Å². The van der Waals surface area contributed by atoms with E-state index in [2.05, 4.69) is 5.32 Å². The Balaban J connectivity index is 2.03. The highest BCUT2D eigenvalue weighted by Gasteiger charge is 2.71. The van der Waals surface area contributed by atoms with Crippen LogP contribution in [0.3, 0.4) is 0 Å². The van der Waals surface area contributed by atoms with E-state index < -0.39 is 11.1 Å². The molecule has 0 radical (unpaired) electrons. The summed E-state index contributed by atoms with van der Waals surface area (Å²) in [5.74, 6) is -0.237. The molecule has 2 aliphatic rings. The molecule has 2 rings (SSSR count). The number of esters is 1. The molecule has 2 fully saturated rings. The van der Waals surface area contributed by atoms with Gasteiger partial charge in [-0.1, -0.05) is 0 Å². The third kappa shape index (κ3) is 1.66. The first-order valence-electron chi connectivity index (χ1n) is 5.52. The number of ether oxygens (including phenoxy) is 1. The second-order valence-corrected chi connectivity index (χ2v) is 5.86. The molecule has 1 unspecified atom stereocenters. The molecule has 1 spiro atoms. The van der Waals surface area contributed by atoms with E-state index in [0.29, 0.717) is 0 Å². The Morgan fingerprint density at radius 3 is 2.60 bits per heavy atom. The Kier molecular flexibility index (Phi) is 2.14. The molecule has 15 heavy (non-hydrogen) atoms. The Morgan fingerprint density at radius 1 is 1.47 bits per heavy atom. The smallest absolute Gasteiger partial charge is 0.327 e. The van der Waals surface area contributed by atoms with Gasteiger partial charge < -0.3 is 15.8 Å². The summed E-state index contributed by atoms with van der Waals surface area (Å²) >= 11 is 0. The summed E-state index contributed by atoms with van der Waals surface area (Å²) in [4.78, 5) is 11.9. The van der Waals surface area contributed by atoms with Crippen molar-refractivity contribution in [2.45, 2.75) is 44.8 Å². The number of hydrogen-bond donors (Lipinski definition) is 2. The first-order chi connectivity index (χ1) is 6.79. The monoisotopic (exact) mass is 212 g/mol. The van der Waals surface area contributed by atoms with Gasteiger partial charge >= 0.3 is 5.97 Å². The average molecular weight is 212 g/mol. The van der Waals surface area contributed by atoms with Crippen molar-refractivity contribution in [3.05, 3.63) is 0 Å². The third-order valence-electron chi connectivity index (χ3n) is 3.45. The molecular weight excluding hydrogens is 192 g/mol. The van der Waals surface area contributed by atoms with Crippen LogP contribution in [0.15, 0.2) is 0 Å². The van der Waals surface area contributed by atoms with E-state index in [4.69, 9.17) is 10.5 Å². The zero-order chi connectivity index (χ0) is 11.3. The van der Waals surface area contributed by atoms with Crippen molar-refractivity contribution in [1.29, 1.82) is 0 Å². The summed E-state index contributed by atoms with van der Waals surface area (Å²) in [6.07, 6.45) is 1.75. The van der Waals surface area contributed by atoms with Gasteiger partial charge in [0.25, 0.3) is 0 Å². The van der Waals surface area contributed by atoms with Crippen LogP contribution in [0.1, 0.15) is 33.6 Å². The summed E-state index contributed by atoms with van der Waals surface area (Å²) in [6.45, 7) is 7.42. The molecule has 1 saturated heterocycles. The topological polar surface area (TPSA) is 64.3 Å². The van der Waals surface area contributed by atoms with Gasteiger partial charge in [0, 0.05) is 12.0 Å². The lowest BCUT2D eigenvalue weighted by Crippen LogP contribution is -2.44. The first-order valence-corrected chi connectivity index (χ1v) is 5.52. The number of carbonyl (C=O) groups is 1. The van der Waals surface area contributed by atoms with Crippen LogP contribution in [0.2, 0.25) is 0 Å². The maximum Gasteiger partial charge on any atom is 0.327 e. The second-order valence-electron chi connectivity index (χ2n) is 5.86. The zero-order valence-electron chi connectivity index (χ0n) is 9.72. The van der Waals surface area contributed by atoms with E-state index in [0.717, 1.165) is 25.9 Å². The largest absolute Gasteiger partial charge is 0.459 e. The minimum atomic E-state index is -0.732. The van der Waals surface area contributed by atoms with Crippen LogP contribution < -0.4 is 11.1 Å². The van der Waals surface area contributed by atoms with E-state index in [9.17, 15) is 4.79 Å². The van der Waals surface area contributed by atoms with E-state index in [1.54, 1.807) is 0 Å². The molecule has 86 valence electrons. The molecule has 4 nitrogen and oxygen atoms in total. The normalized spacial score (nSPS) is 39.5. The molecule has 1 aliphatic heterocycles. The third-order valence-corrected chi connectivity index (χ3v) is 3.45. The van der Waals surface area contributed by atoms with Crippen molar-refractivity contribution in [2.24, 2.45) is 11.1 Å². The number of nitrogens with one attached hydrogen (secondary N) is 1. The lowest BCUT2D eigenvalue weighted by Gasteiger charge is -2.24. The fourth-order valence-corrected chi connectivity index (χ4v) is 2.42. The highest BCUT2D eigenvalue weighted by Crippen LogP contribution is 2.58. The molecule has 0 aromatic carbocycles. The summed E-state index contributed by atoms with van der Waals surface area (Å²) in [5.41, 5.74) is 4.93. The number of rotatable bonds is 1. The van der Waals surface area contributed by atoms with Gasteiger partial charge in [-0.25, -0.2) is 0 Å². The minimum absolute atomic E-state index is 0.0185. The lowest BCUT2D eigenvalue weighted by atomic mass is 9.99. The number of carbonyl (C=O) groups excluding carboxylic acids is 1. The highest BCUT2D eigenvalue weighted by atomic mass is 16.6. The molecule has 1 aliphatic carbocycles. The van der Waals surface area contributed by atoms with Crippen molar-refractivity contribution < 1.29 is 9.53 Å². The summed E-state index contributed by atoms with van der Waals surface area (Å²) < 4.78 is 5.36. The van der Waals surface area contributed by atoms with Crippen molar-refractivity contribution in [3.8, 4) is 0 Å². The van der Waals surface area contributed by atoms with Crippen molar-refractivity contribution in [1.82, 2.24) is 5.32 Å². The maximum absolute atomic E-state index is 11.9. The molecular formula is C11H20N2O2. The van der Waals surface area contributed by atoms with E-state index in [1.807, 2.05) is 20.8 Å². The van der Waals surface area contributed by atoms with Gasteiger partial charge in [0.05, 0.1) is 0 Å². The summed E-state index contributed by atoms with van der Waals surface area (Å²) in [7, 11) is 0. The van der Waals surface area contributed by atoms with Crippen LogP contribution in [0.5, 0.6) is 0 Å². The fraction of sp³-hybridized carbons (Fsp3) is 0.909. The van der Waals surface area contributed by atoms with Gasteiger partial charge in [-0.15, -0.1) is 0 Å². The summed E-state index contributed by atoms with van der Waals surface area (Å²) in [6, 6.07) is 0. The molecule has 1 saturated carbocycles. The van der Waals surface area contributed by atoms with E-state index in [-0.39, 0.29) is 11.4 Å². The molecule has 3 N–H and O–H groups in total. The maximum atomic E-state index is 11.9. The lowest BCUT2D eigenvalue weighted by molar-refractivity contribution is -0.158.